The molecule has 3 aromatic rings. The summed E-state index contributed by atoms with van der Waals surface area (Å²) in [5.41, 5.74) is 2.11. The molecule has 0 bridgehead atoms. The van der Waals surface area contributed by atoms with Gasteiger partial charge in [-0.3, -0.25) is 4.90 Å². The number of urea groups is 1. The van der Waals surface area contributed by atoms with Crippen LogP contribution >= 0.6 is 0 Å². The van der Waals surface area contributed by atoms with Crippen LogP contribution in [0.1, 0.15) is 35.1 Å². The molecule has 0 atom stereocenters. The number of aromatic nitrogens is 1. The predicted octanol–water partition coefficient (Wildman–Crippen LogP) is 6.16. The van der Waals surface area contributed by atoms with Crippen LogP contribution in [-0.4, -0.2) is 35.0 Å². The molecule has 0 N–H and O–H groups in total. The fraction of sp³-hybridized carbons (Fsp3) is 0.333. The van der Waals surface area contributed by atoms with E-state index in [9.17, 15) is 22.4 Å². The number of halogens is 4. The highest BCUT2D eigenvalue weighted by Gasteiger charge is 2.38. The van der Waals surface area contributed by atoms with Crippen molar-refractivity contribution in [3.63, 3.8) is 0 Å². The van der Waals surface area contributed by atoms with Crippen LogP contribution in [0.2, 0.25) is 0 Å². The third-order valence-corrected chi connectivity index (χ3v) is 7.05. The first kappa shape index (κ1) is 24.1. The van der Waals surface area contributed by atoms with Crippen LogP contribution in [0.3, 0.4) is 0 Å². The standard InChI is InChI=1S/C27H26F4N4O/c1-18-10-13-32-25(28)24(18)33-14-11-21(12-15-33)34-17-20-7-3-5-9-23(20)35(26(34)36)16-19-6-2-4-8-22(19)27(29,30)31/h2-10,13,21H,11-12,14-17H2,1H3. The minimum absolute atomic E-state index is 0.0485. The summed E-state index contributed by atoms with van der Waals surface area (Å²) in [5.74, 6) is -0.508. The number of carbonyl (C=O) groups excluding carboxylic acids is 1. The van der Waals surface area contributed by atoms with E-state index in [0.29, 0.717) is 43.9 Å². The highest BCUT2D eigenvalue weighted by Crippen LogP contribution is 2.37. The molecule has 36 heavy (non-hydrogen) atoms. The number of piperidine rings is 1. The minimum atomic E-state index is -4.51. The van der Waals surface area contributed by atoms with Gasteiger partial charge < -0.3 is 9.80 Å². The van der Waals surface area contributed by atoms with Crippen molar-refractivity contribution in [2.45, 2.75) is 45.1 Å². The second-order valence-corrected chi connectivity index (χ2v) is 9.27. The van der Waals surface area contributed by atoms with E-state index in [-0.39, 0.29) is 24.2 Å². The Hall–Kier alpha value is -3.62. The molecule has 188 valence electrons. The molecule has 3 heterocycles. The Morgan fingerprint density at radius 3 is 2.42 bits per heavy atom. The van der Waals surface area contributed by atoms with E-state index >= 15 is 0 Å². The average Bonchev–Trinajstić information content (AvgIpc) is 2.86. The van der Waals surface area contributed by atoms with E-state index in [1.165, 1.54) is 23.2 Å². The van der Waals surface area contributed by atoms with Crippen LogP contribution in [0.25, 0.3) is 0 Å². The number of carbonyl (C=O) groups is 1. The maximum atomic E-state index is 14.4. The van der Waals surface area contributed by atoms with Crippen molar-refractivity contribution in [3.05, 3.63) is 89.0 Å². The third kappa shape index (κ3) is 4.50. The van der Waals surface area contributed by atoms with E-state index in [4.69, 9.17) is 0 Å². The van der Waals surface area contributed by atoms with Crippen molar-refractivity contribution >= 4 is 17.4 Å². The van der Waals surface area contributed by atoms with Crippen LogP contribution < -0.4 is 9.80 Å². The molecule has 1 aromatic heterocycles. The molecule has 2 aromatic carbocycles. The number of amides is 2. The van der Waals surface area contributed by atoms with Crippen molar-refractivity contribution < 1.29 is 22.4 Å². The molecule has 1 fully saturated rings. The fourth-order valence-electron chi connectivity index (χ4n) is 5.26. The summed E-state index contributed by atoms with van der Waals surface area (Å²) >= 11 is 0. The Morgan fingerprint density at radius 1 is 1.00 bits per heavy atom. The third-order valence-electron chi connectivity index (χ3n) is 7.05. The van der Waals surface area contributed by atoms with Gasteiger partial charge in [-0.05, 0) is 54.7 Å². The summed E-state index contributed by atoms with van der Waals surface area (Å²) in [6.07, 6.45) is -1.83. The lowest BCUT2D eigenvalue weighted by Crippen LogP contribution is -2.54. The normalized spacial score (nSPS) is 16.9. The van der Waals surface area contributed by atoms with Crippen molar-refractivity contribution in [2.24, 2.45) is 0 Å². The lowest BCUT2D eigenvalue weighted by Gasteiger charge is -2.44. The lowest BCUT2D eigenvalue weighted by molar-refractivity contribution is -0.138. The molecule has 2 amide bonds. The van der Waals surface area contributed by atoms with Crippen LogP contribution in [0.4, 0.5) is 33.7 Å². The van der Waals surface area contributed by atoms with E-state index in [2.05, 4.69) is 4.98 Å². The Morgan fingerprint density at radius 2 is 1.69 bits per heavy atom. The van der Waals surface area contributed by atoms with Gasteiger partial charge in [-0.2, -0.15) is 17.6 Å². The predicted molar refractivity (Wildman–Crippen MR) is 129 cm³/mol. The van der Waals surface area contributed by atoms with Gasteiger partial charge in [-0.25, -0.2) is 9.78 Å². The molecule has 0 spiro atoms. The number of hydrogen-bond acceptors (Lipinski definition) is 3. The quantitative estimate of drug-likeness (QED) is 0.320. The summed E-state index contributed by atoms with van der Waals surface area (Å²) in [6, 6.07) is 14.0. The number of hydrogen-bond donors (Lipinski definition) is 0. The van der Waals surface area contributed by atoms with Crippen molar-refractivity contribution in [3.8, 4) is 0 Å². The Kier molecular flexibility index (Phi) is 6.32. The van der Waals surface area contributed by atoms with Gasteiger partial charge in [-0.1, -0.05) is 36.4 Å². The largest absolute Gasteiger partial charge is 0.416 e. The van der Waals surface area contributed by atoms with Gasteiger partial charge in [-0.15, -0.1) is 0 Å². The van der Waals surface area contributed by atoms with E-state index in [1.807, 2.05) is 24.0 Å². The number of anilines is 2. The van der Waals surface area contributed by atoms with Gasteiger partial charge in [0, 0.05) is 31.9 Å². The molecule has 9 heteroatoms. The first-order valence-corrected chi connectivity index (χ1v) is 11.9. The van der Waals surface area contributed by atoms with Gasteiger partial charge in [0.2, 0.25) is 5.95 Å². The second-order valence-electron chi connectivity index (χ2n) is 9.27. The molecule has 0 saturated carbocycles. The maximum Gasteiger partial charge on any atom is 0.416 e. The monoisotopic (exact) mass is 498 g/mol. The molecule has 5 rings (SSSR count). The molecular formula is C27H26F4N4O. The van der Waals surface area contributed by atoms with E-state index < -0.39 is 17.7 Å². The van der Waals surface area contributed by atoms with E-state index in [0.717, 1.165) is 17.2 Å². The molecule has 5 nitrogen and oxygen atoms in total. The van der Waals surface area contributed by atoms with Crippen LogP contribution in [0.5, 0.6) is 0 Å². The topological polar surface area (TPSA) is 39.7 Å². The van der Waals surface area contributed by atoms with E-state index in [1.54, 1.807) is 29.2 Å². The Bertz CT molecular complexity index is 1250. The first-order valence-electron chi connectivity index (χ1n) is 11.9. The number of pyridine rings is 1. The number of benzene rings is 2. The summed E-state index contributed by atoms with van der Waals surface area (Å²) in [5, 5.41) is 0. The highest BCUT2D eigenvalue weighted by molar-refractivity contribution is 5.95. The van der Waals surface area contributed by atoms with Gasteiger partial charge in [0.25, 0.3) is 0 Å². The lowest BCUT2D eigenvalue weighted by atomic mass is 9.99. The first-order chi connectivity index (χ1) is 17.2. The zero-order chi connectivity index (χ0) is 25.4. The van der Waals surface area contributed by atoms with Gasteiger partial charge in [0.1, 0.15) is 0 Å². The number of aryl methyl sites for hydroxylation is 1. The van der Waals surface area contributed by atoms with Gasteiger partial charge in [0.05, 0.1) is 23.5 Å². The minimum Gasteiger partial charge on any atom is -0.367 e. The smallest absolute Gasteiger partial charge is 0.367 e. The average molecular weight is 499 g/mol. The summed E-state index contributed by atoms with van der Waals surface area (Å²) in [4.78, 5) is 22.6. The second kappa shape index (κ2) is 9.44. The van der Waals surface area contributed by atoms with Crippen molar-refractivity contribution in [1.29, 1.82) is 0 Å². The Balaban J connectivity index is 1.39. The number of para-hydroxylation sites is 1. The molecule has 2 aliphatic rings. The van der Waals surface area contributed by atoms with Crippen molar-refractivity contribution in [2.75, 3.05) is 22.9 Å². The molecule has 0 radical (unpaired) electrons. The summed E-state index contributed by atoms with van der Waals surface area (Å²) < 4.78 is 55.3. The number of alkyl halides is 3. The fourth-order valence-corrected chi connectivity index (χ4v) is 5.26. The molecule has 1 saturated heterocycles. The maximum absolute atomic E-state index is 14.4. The SMILES string of the molecule is Cc1ccnc(F)c1N1CCC(N2Cc3ccccc3N(Cc3ccccc3C(F)(F)F)C2=O)CC1. The van der Waals surface area contributed by atoms with Crippen LogP contribution in [0.15, 0.2) is 60.8 Å². The molecule has 2 aliphatic heterocycles. The molecule has 0 aliphatic carbocycles. The molecule has 0 unspecified atom stereocenters. The van der Waals surface area contributed by atoms with Gasteiger partial charge in [0.15, 0.2) is 0 Å². The molecular weight excluding hydrogens is 472 g/mol. The number of nitrogens with zero attached hydrogens (tertiary/aromatic N) is 4. The van der Waals surface area contributed by atoms with Crippen LogP contribution in [0, 0.1) is 12.9 Å². The zero-order valence-electron chi connectivity index (χ0n) is 19.8. The van der Waals surface area contributed by atoms with Crippen LogP contribution in [-0.2, 0) is 19.3 Å². The summed E-state index contributed by atoms with van der Waals surface area (Å²) in [7, 11) is 0. The zero-order valence-corrected chi connectivity index (χ0v) is 19.8. The highest BCUT2D eigenvalue weighted by atomic mass is 19.4. The summed E-state index contributed by atoms with van der Waals surface area (Å²) in [6.45, 7) is 3.15. The number of rotatable bonds is 4. The van der Waals surface area contributed by atoms with Gasteiger partial charge >= 0.3 is 12.2 Å². The van der Waals surface area contributed by atoms with Crippen molar-refractivity contribution in [1.82, 2.24) is 9.88 Å². The number of fused-ring (bicyclic) bond motifs is 1. The Labute approximate surface area is 207 Å².